The molecule has 1 aromatic carbocycles. The number of nitrogens with two attached hydrogens (primary N) is 1. The predicted molar refractivity (Wildman–Crippen MR) is 74.3 cm³/mol. The van der Waals surface area contributed by atoms with Crippen LogP contribution in [0.3, 0.4) is 0 Å². The number of benzene rings is 1. The molecule has 0 bridgehead atoms. The summed E-state index contributed by atoms with van der Waals surface area (Å²) < 4.78 is 18.3. The zero-order chi connectivity index (χ0) is 13.7. The molecule has 1 saturated heterocycles. The molecule has 4 heteroatoms. The number of likely N-dealkylation sites (N-methyl/N-ethyl adjacent to an activating group) is 1. The number of hydrogen-bond acceptors (Lipinski definition) is 3. The van der Waals surface area contributed by atoms with Crippen LogP contribution in [0.1, 0.15) is 18.4 Å². The van der Waals surface area contributed by atoms with E-state index in [4.69, 9.17) is 10.5 Å². The molecule has 2 rings (SSSR count). The Morgan fingerprint density at radius 2 is 1.95 bits per heavy atom. The molecular weight excluding hydrogens is 243 g/mol. The molecule has 1 aliphatic heterocycles. The van der Waals surface area contributed by atoms with Crippen LogP contribution in [-0.4, -0.2) is 37.7 Å². The first-order chi connectivity index (χ1) is 9.20. The fraction of sp³-hybridized carbons (Fsp3) is 0.600. The Bertz CT molecular complexity index is 376. The summed E-state index contributed by atoms with van der Waals surface area (Å²) in [5.41, 5.74) is 7.06. The molecule has 1 heterocycles. The Kier molecular flexibility index (Phi) is 5.31. The third kappa shape index (κ3) is 4.00. The van der Waals surface area contributed by atoms with Crippen LogP contribution in [0.15, 0.2) is 24.3 Å². The van der Waals surface area contributed by atoms with Crippen molar-refractivity contribution in [3.8, 4) is 0 Å². The maximum atomic E-state index is 12.9. The molecular formula is C15H23FN2O. The van der Waals surface area contributed by atoms with Gasteiger partial charge in [0, 0.05) is 32.3 Å². The van der Waals surface area contributed by atoms with E-state index in [2.05, 4.69) is 11.9 Å². The lowest BCUT2D eigenvalue weighted by molar-refractivity contribution is 0.0321. The van der Waals surface area contributed by atoms with Crippen molar-refractivity contribution in [3.63, 3.8) is 0 Å². The van der Waals surface area contributed by atoms with Gasteiger partial charge < -0.3 is 10.5 Å². The highest BCUT2D eigenvalue weighted by Gasteiger charge is 2.26. The molecule has 0 aliphatic carbocycles. The topological polar surface area (TPSA) is 38.5 Å². The van der Waals surface area contributed by atoms with Crippen molar-refractivity contribution in [3.05, 3.63) is 35.6 Å². The highest BCUT2D eigenvalue weighted by Crippen LogP contribution is 2.22. The minimum Gasteiger partial charge on any atom is -0.381 e. The molecule has 106 valence electrons. The van der Waals surface area contributed by atoms with Gasteiger partial charge in [-0.1, -0.05) is 12.1 Å². The van der Waals surface area contributed by atoms with Gasteiger partial charge in [0.25, 0.3) is 0 Å². The molecule has 0 spiro atoms. The van der Waals surface area contributed by atoms with Crippen LogP contribution < -0.4 is 5.73 Å². The number of halogens is 1. The quantitative estimate of drug-likeness (QED) is 0.886. The molecule has 2 N–H and O–H groups in total. The zero-order valence-corrected chi connectivity index (χ0v) is 11.5. The summed E-state index contributed by atoms with van der Waals surface area (Å²) >= 11 is 0. The molecule has 0 saturated carbocycles. The first kappa shape index (κ1) is 14.4. The van der Waals surface area contributed by atoms with Crippen molar-refractivity contribution < 1.29 is 9.13 Å². The van der Waals surface area contributed by atoms with Gasteiger partial charge in [-0.15, -0.1) is 0 Å². The van der Waals surface area contributed by atoms with E-state index in [-0.39, 0.29) is 5.82 Å². The largest absolute Gasteiger partial charge is 0.381 e. The SMILES string of the molecule is CN(Cc1ccc(F)cc1)C(CN)C1CCOCC1. The average Bonchev–Trinajstić information content (AvgIpc) is 2.43. The monoisotopic (exact) mass is 266 g/mol. The van der Waals surface area contributed by atoms with Crippen LogP contribution in [0.5, 0.6) is 0 Å². The Balaban J connectivity index is 1.95. The van der Waals surface area contributed by atoms with E-state index in [1.165, 1.54) is 12.1 Å². The maximum absolute atomic E-state index is 12.9. The van der Waals surface area contributed by atoms with E-state index in [1.807, 2.05) is 12.1 Å². The molecule has 19 heavy (non-hydrogen) atoms. The fourth-order valence-corrected chi connectivity index (χ4v) is 2.83. The first-order valence-electron chi connectivity index (χ1n) is 6.93. The molecule has 1 fully saturated rings. The number of hydrogen-bond donors (Lipinski definition) is 1. The second-order valence-electron chi connectivity index (χ2n) is 5.29. The average molecular weight is 266 g/mol. The second-order valence-corrected chi connectivity index (χ2v) is 5.29. The minimum absolute atomic E-state index is 0.189. The lowest BCUT2D eigenvalue weighted by Gasteiger charge is -2.36. The maximum Gasteiger partial charge on any atom is 0.123 e. The standard InChI is InChI=1S/C15H23FN2O/c1-18(11-12-2-4-14(16)5-3-12)15(10-17)13-6-8-19-9-7-13/h2-5,13,15H,6-11,17H2,1H3. The fourth-order valence-electron chi connectivity index (χ4n) is 2.83. The van der Waals surface area contributed by atoms with E-state index in [9.17, 15) is 4.39 Å². The van der Waals surface area contributed by atoms with Gasteiger partial charge in [-0.2, -0.15) is 0 Å². The highest BCUT2D eigenvalue weighted by molar-refractivity contribution is 5.16. The normalized spacial score (nSPS) is 18.7. The number of nitrogens with zero attached hydrogens (tertiary/aromatic N) is 1. The van der Waals surface area contributed by atoms with Crippen molar-refractivity contribution in [2.24, 2.45) is 11.7 Å². The van der Waals surface area contributed by atoms with Gasteiger partial charge in [-0.25, -0.2) is 4.39 Å². The van der Waals surface area contributed by atoms with Crippen LogP contribution in [0, 0.1) is 11.7 Å². The summed E-state index contributed by atoms with van der Waals surface area (Å²) in [6.45, 7) is 3.14. The number of rotatable bonds is 5. The van der Waals surface area contributed by atoms with E-state index in [1.54, 1.807) is 0 Å². The lowest BCUT2D eigenvalue weighted by Crippen LogP contribution is -2.44. The lowest BCUT2D eigenvalue weighted by atomic mass is 9.90. The van der Waals surface area contributed by atoms with Crippen LogP contribution in [0.2, 0.25) is 0 Å². The van der Waals surface area contributed by atoms with Gasteiger partial charge in [0.2, 0.25) is 0 Å². The Morgan fingerprint density at radius 1 is 1.32 bits per heavy atom. The van der Waals surface area contributed by atoms with Gasteiger partial charge in [-0.05, 0) is 43.5 Å². The van der Waals surface area contributed by atoms with Crippen LogP contribution in [0.4, 0.5) is 4.39 Å². The van der Waals surface area contributed by atoms with Crippen molar-refractivity contribution >= 4 is 0 Å². The van der Waals surface area contributed by atoms with Crippen LogP contribution in [0.25, 0.3) is 0 Å². The number of ether oxygens (including phenoxy) is 1. The highest BCUT2D eigenvalue weighted by atomic mass is 19.1. The molecule has 1 unspecified atom stereocenters. The third-order valence-electron chi connectivity index (χ3n) is 3.96. The van der Waals surface area contributed by atoms with E-state index in [0.717, 1.165) is 38.2 Å². The van der Waals surface area contributed by atoms with E-state index >= 15 is 0 Å². The van der Waals surface area contributed by atoms with Crippen molar-refractivity contribution in [2.45, 2.75) is 25.4 Å². The molecule has 1 atom stereocenters. The molecule has 3 nitrogen and oxygen atoms in total. The molecule has 0 amide bonds. The summed E-state index contributed by atoms with van der Waals surface area (Å²) in [4.78, 5) is 2.28. The minimum atomic E-state index is -0.189. The van der Waals surface area contributed by atoms with Crippen molar-refractivity contribution in [1.82, 2.24) is 4.90 Å². The summed E-state index contributed by atoms with van der Waals surface area (Å²) in [5.74, 6) is 0.412. The van der Waals surface area contributed by atoms with Gasteiger partial charge in [0.1, 0.15) is 5.82 Å². The van der Waals surface area contributed by atoms with E-state index < -0.39 is 0 Å². The Morgan fingerprint density at radius 3 is 2.53 bits per heavy atom. The smallest absolute Gasteiger partial charge is 0.123 e. The summed E-state index contributed by atoms with van der Waals surface area (Å²) in [6.07, 6.45) is 2.16. The van der Waals surface area contributed by atoms with Crippen LogP contribution in [-0.2, 0) is 11.3 Å². The van der Waals surface area contributed by atoms with Crippen molar-refractivity contribution in [2.75, 3.05) is 26.8 Å². The van der Waals surface area contributed by atoms with Gasteiger partial charge in [0.05, 0.1) is 0 Å². The van der Waals surface area contributed by atoms with E-state index in [0.29, 0.717) is 18.5 Å². The molecule has 0 aromatic heterocycles. The third-order valence-corrected chi connectivity index (χ3v) is 3.96. The van der Waals surface area contributed by atoms with Gasteiger partial charge >= 0.3 is 0 Å². The van der Waals surface area contributed by atoms with Gasteiger partial charge in [-0.3, -0.25) is 4.90 Å². The zero-order valence-electron chi connectivity index (χ0n) is 11.5. The van der Waals surface area contributed by atoms with Gasteiger partial charge in [0.15, 0.2) is 0 Å². The second kappa shape index (κ2) is 6.98. The molecule has 1 aromatic rings. The first-order valence-corrected chi connectivity index (χ1v) is 6.93. The Labute approximate surface area is 114 Å². The summed E-state index contributed by atoms with van der Waals surface area (Å²) in [7, 11) is 2.09. The molecule has 1 aliphatic rings. The molecule has 0 radical (unpaired) electrons. The summed E-state index contributed by atoms with van der Waals surface area (Å²) in [5, 5.41) is 0. The Hall–Kier alpha value is -0.970. The summed E-state index contributed by atoms with van der Waals surface area (Å²) in [6, 6.07) is 7.06. The van der Waals surface area contributed by atoms with Crippen molar-refractivity contribution in [1.29, 1.82) is 0 Å². The van der Waals surface area contributed by atoms with Crippen LogP contribution >= 0.6 is 0 Å². The predicted octanol–water partition coefficient (Wildman–Crippen LogP) is 2.01.